The van der Waals surface area contributed by atoms with Gasteiger partial charge in [-0.15, -0.1) is 5.10 Å². The molecule has 2 aromatic carbocycles. The first kappa shape index (κ1) is 17.7. The van der Waals surface area contributed by atoms with Gasteiger partial charge in [-0.05, 0) is 18.2 Å². The molecule has 7 nitrogen and oxygen atoms in total. The van der Waals surface area contributed by atoms with Crippen molar-refractivity contribution in [2.75, 3.05) is 0 Å². The average molecular weight is 378 g/mol. The van der Waals surface area contributed by atoms with Gasteiger partial charge in [-0.25, -0.2) is 0 Å². The van der Waals surface area contributed by atoms with Crippen LogP contribution in [0.2, 0.25) is 0 Å². The number of nitrogens with zero attached hydrogens (tertiary/aromatic N) is 4. The molecule has 0 amide bonds. The average Bonchev–Trinajstić information content (AvgIpc) is 2.92. The Labute approximate surface area is 149 Å². The Morgan fingerprint density at radius 3 is 2.77 bits per heavy atom. The van der Waals surface area contributed by atoms with Gasteiger partial charge in [0.25, 0.3) is 5.69 Å². The number of rotatable bonds is 5. The van der Waals surface area contributed by atoms with E-state index in [0.717, 1.165) is 34.6 Å². The Balaban J connectivity index is 1.99. The Morgan fingerprint density at radius 2 is 2.08 bits per heavy atom. The van der Waals surface area contributed by atoms with Crippen molar-refractivity contribution in [2.45, 2.75) is 6.61 Å². The van der Waals surface area contributed by atoms with E-state index in [4.69, 9.17) is 0 Å². The second kappa shape index (κ2) is 7.40. The molecule has 134 valence electrons. The third-order valence-corrected chi connectivity index (χ3v) is 4.58. The number of ether oxygens (including phenoxy) is 1. The summed E-state index contributed by atoms with van der Waals surface area (Å²) in [6, 6.07) is 11.0. The first-order chi connectivity index (χ1) is 12.5. The maximum atomic E-state index is 12.5. The number of benzene rings is 2. The van der Waals surface area contributed by atoms with Crippen molar-refractivity contribution in [3.63, 3.8) is 0 Å². The van der Waals surface area contributed by atoms with E-state index in [2.05, 4.69) is 14.9 Å². The van der Waals surface area contributed by atoms with Crippen molar-refractivity contribution >= 4 is 33.5 Å². The zero-order chi connectivity index (χ0) is 18.7. The number of alkyl halides is 2. The molecule has 0 saturated heterocycles. The molecule has 1 heterocycles. The van der Waals surface area contributed by atoms with E-state index in [0.29, 0.717) is 4.80 Å². The highest BCUT2D eigenvalue weighted by atomic mass is 32.1. The van der Waals surface area contributed by atoms with E-state index in [1.165, 1.54) is 11.3 Å². The third-order valence-electron chi connectivity index (χ3n) is 3.48. The monoisotopic (exact) mass is 378 g/mol. The number of nitro groups is 1. The number of nitro benzene ring substituents is 1. The smallest absolute Gasteiger partial charge is 0.387 e. The Hall–Kier alpha value is -3.14. The van der Waals surface area contributed by atoms with Gasteiger partial charge in [-0.2, -0.15) is 13.9 Å². The first-order valence-corrected chi connectivity index (χ1v) is 8.12. The minimum atomic E-state index is -3.05. The molecule has 0 aliphatic rings. The molecule has 0 radical (unpaired) electrons. The molecule has 0 bridgehead atoms. The predicted octanol–water partition coefficient (Wildman–Crippen LogP) is 3.68. The van der Waals surface area contributed by atoms with E-state index in [9.17, 15) is 18.9 Å². The summed E-state index contributed by atoms with van der Waals surface area (Å²) in [6.07, 6.45) is 1.15. The number of halogens is 2. The van der Waals surface area contributed by atoms with E-state index >= 15 is 0 Å². The summed E-state index contributed by atoms with van der Waals surface area (Å²) in [6.45, 7) is -3.05. The fourth-order valence-electron chi connectivity index (χ4n) is 2.27. The van der Waals surface area contributed by atoms with Gasteiger partial charge < -0.3 is 9.30 Å². The molecule has 0 atom stereocenters. The Kier molecular flexibility index (Phi) is 5.03. The van der Waals surface area contributed by atoms with Crippen molar-refractivity contribution in [3.05, 3.63) is 62.9 Å². The quantitative estimate of drug-likeness (QED) is 0.386. The van der Waals surface area contributed by atoms with Crippen LogP contribution in [0.1, 0.15) is 5.56 Å². The van der Waals surface area contributed by atoms with Gasteiger partial charge in [-0.3, -0.25) is 10.1 Å². The van der Waals surface area contributed by atoms with Crippen molar-refractivity contribution in [3.8, 4) is 5.75 Å². The van der Waals surface area contributed by atoms with Crippen LogP contribution in [0.3, 0.4) is 0 Å². The zero-order valence-electron chi connectivity index (χ0n) is 13.4. The standard InChI is InChI=1S/C16H12F2N4O3S/c1-21-12-4-2-3-5-14(12)26-16(21)20-19-9-10-8-11(22(23)24)6-7-13(10)25-15(17)18/h2-9,15H,1H3/b19-9-,20-16-. The molecule has 0 spiro atoms. The molecular formula is C16H12F2N4O3S. The summed E-state index contributed by atoms with van der Waals surface area (Å²) < 4.78 is 32.2. The van der Waals surface area contributed by atoms with Crippen molar-refractivity contribution < 1.29 is 18.4 Å². The summed E-state index contributed by atoms with van der Waals surface area (Å²) in [5.74, 6) is -0.217. The molecule has 3 aromatic rings. The molecule has 0 unspecified atom stereocenters. The van der Waals surface area contributed by atoms with E-state index in [1.54, 1.807) is 0 Å². The minimum absolute atomic E-state index is 0.0343. The predicted molar refractivity (Wildman–Crippen MR) is 93.7 cm³/mol. The van der Waals surface area contributed by atoms with E-state index in [1.807, 2.05) is 35.9 Å². The maximum Gasteiger partial charge on any atom is 0.387 e. The summed E-state index contributed by atoms with van der Waals surface area (Å²) in [7, 11) is 1.83. The fraction of sp³-hybridized carbons (Fsp3) is 0.125. The van der Waals surface area contributed by atoms with Gasteiger partial charge in [0.2, 0.25) is 4.80 Å². The number of non-ortho nitro benzene ring substituents is 1. The second-order valence-electron chi connectivity index (χ2n) is 5.11. The van der Waals surface area contributed by atoms with Crippen LogP contribution in [0.4, 0.5) is 14.5 Å². The van der Waals surface area contributed by atoms with Crippen molar-refractivity contribution in [1.29, 1.82) is 0 Å². The van der Waals surface area contributed by atoms with Crippen LogP contribution in [0.25, 0.3) is 10.2 Å². The number of aryl methyl sites for hydroxylation is 1. The lowest BCUT2D eigenvalue weighted by molar-refractivity contribution is -0.384. The number of para-hydroxylation sites is 1. The molecule has 26 heavy (non-hydrogen) atoms. The van der Waals surface area contributed by atoms with Crippen LogP contribution in [-0.4, -0.2) is 22.3 Å². The molecule has 0 saturated carbocycles. The summed E-state index contributed by atoms with van der Waals surface area (Å²) in [4.78, 5) is 10.8. The normalized spacial score (nSPS) is 12.4. The first-order valence-electron chi connectivity index (χ1n) is 7.30. The second-order valence-corrected chi connectivity index (χ2v) is 6.12. The van der Waals surface area contributed by atoms with Crippen LogP contribution >= 0.6 is 11.3 Å². The number of thiazole rings is 1. The molecule has 1 aromatic heterocycles. The molecule has 0 N–H and O–H groups in total. The Bertz CT molecular complexity index is 1060. The Morgan fingerprint density at radius 1 is 1.31 bits per heavy atom. The van der Waals surface area contributed by atoms with Crippen LogP contribution < -0.4 is 9.54 Å². The van der Waals surface area contributed by atoms with Crippen LogP contribution in [-0.2, 0) is 7.05 Å². The summed E-state index contributed by atoms with van der Waals surface area (Å²) in [5.41, 5.74) is 0.746. The number of fused-ring (bicyclic) bond motifs is 1. The fourth-order valence-corrected chi connectivity index (χ4v) is 3.25. The lowest BCUT2D eigenvalue weighted by Gasteiger charge is -2.06. The number of aromatic nitrogens is 1. The number of hydrogen-bond acceptors (Lipinski definition) is 6. The lowest BCUT2D eigenvalue weighted by atomic mass is 10.2. The van der Waals surface area contributed by atoms with Crippen LogP contribution in [0, 0.1) is 10.1 Å². The summed E-state index contributed by atoms with van der Waals surface area (Å²) in [5, 5.41) is 18.8. The molecule has 10 heteroatoms. The van der Waals surface area contributed by atoms with Gasteiger partial charge in [0.05, 0.1) is 21.4 Å². The lowest BCUT2D eigenvalue weighted by Crippen LogP contribution is -2.09. The summed E-state index contributed by atoms with van der Waals surface area (Å²) >= 11 is 1.40. The van der Waals surface area contributed by atoms with Crippen molar-refractivity contribution in [1.82, 2.24) is 4.57 Å². The highest BCUT2D eigenvalue weighted by Crippen LogP contribution is 2.24. The van der Waals surface area contributed by atoms with Gasteiger partial charge in [0.1, 0.15) is 5.75 Å². The van der Waals surface area contributed by atoms with Gasteiger partial charge >= 0.3 is 6.61 Å². The van der Waals surface area contributed by atoms with Gasteiger partial charge in [-0.1, -0.05) is 23.5 Å². The molecule has 0 aliphatic carbocycles. The zero-order valence-corrected chi connectivity index (χ0v) is 14.2. The molecule has 0 fully saturated rings. The van der Waals surface area contributed by atoms with Crippen LogP contribution in [0.5, 0.6) is 5.75 Å². The number of hydrogen-bond donors (Lipinski definition) is 0. The molecule has 3 rings (SSSR count). The highest BCUT2D eigenvalue weighted by molar-refractivity contribution is 7.16. The molecular weight excluding hydrogens is 366 g/mol. The third kappa shape index (κ3) is 3.75. The van der Waals surface area contributed by atoms with E-state index < -0.39 is 11.5 Å². The highest BCUT2D eigenvalue weighted by Gasteiger charge is 2.13. The topological polar surface area (TPSA) is 82.0 Å². The molecule has 0 aliphatic heterocycles. The minimum Gasteiger partial charge on any atom is -0.434 e. The van der Waals surface area contributed by atoms with E-state index in [-0.39, 0.29) is 17.0 Å². The van der Waals surface area contributed by atoms with Gasteiger partial charge in [0.15, 0.2) is 0 Å². The van der Waals surface area contributed by atoms with Crippen LogP contribution in [0.15, 0.2) is 52.7 Å². The van der Waals surface area contributed by atoms with Gasteiger partial charge in [0, 0.05) is 24.7 Å². The van der Waals surface area contributed by atoms with Crippen molar-refractivity contribution in [2.24, 2.45) is 17.3 Å². The maximum absolute atomic E-state index is 12.5. The SMILES string of the molecule is Cn1/c(=N/N=C\c2cc([N+](=O)[O-])ccc2OC(F)F)sc2ccccc21. The largest absolute Gasteiger partial charge is 0.434 e.